The second kappa shape index (κ2) is 9.24. The zero-order chi connectivity index (χ0) is 20.8. The third-order valence-electron chi connectivity index (χ3n) is 4.42. The lowest BCUT2D eigenvalue weighted by Crippen LogP contribution is -2.52. The van der Waals surface area contributed by atoms with Gasteiger partial charge >= 0.3 is 6.03 Å². The van der Waals surface area contributed by atoms with Crippen molar-refractivity contribution >= 4 is 34.9 Å². The number of amides is 3. The van der Waals surface area contributed by atoms with Crippen molar-refractivity contribution in [1.82, 2.24) is 9.80 Å². The molecule has 0 unspecified atom stereocenters. The van der Waals surface area contributed by atoms with Gasteiger partial charge in [0.15, 0.2) is 6.61 Å². The van der Waals surface area contributed by atoms with Crippen molar-refractivity contribution < 1.29 is 19.2 Å². The van der Waals surface area contributed by atoms with Gasteiger partial charge in [0, 0.05) is 44.0 Å². The maximum Gasteiger partial charge on any atom is 0.321 e. The number of piperazine rings is 1. The highest BCUT2D eigenvalue weighted by atomic mass is 35.5. The van der Waals surface area contributed by atoms with E-state index in [2.05, 4.69) is 5.32 Å². The lowest BCUT2D eigenvalue weighted by molar-refractivity contribution is -0.384. The normalized spacial score (nSPS) is 13.7. The summed E-state index contributed by atoms with van der Waals surface area (Å²) in [6.45, 7) is 1.34. The van der Waals surface area contributed by atoms with E-state index in [-0.39, 0.29) is 35.0 Å². The smallest absolute Gasteiger partial charge is 0.321 e. The first-order valence-corrected chi connectivity index (χ1v) is 9.27. The summed E-state index contributed by atoms with van der Waals surface area (Å²) in [6.07, 6.45) is 0. The van der Waals surface area contributed by atoms with Crippen LogP contribution in [0.1, 0.15) is 0 Å². The number of carbonyl (C=O) groups is 2. The van der Waals surface area contributed by atoms with Crippen molar-refractivity contribution in [2.75, 3.05) is 38.1 Å². The van der Waals surface area contributed by atoms with Crippen LogP contribution in [0, 0.1) is 10.1 Å². The van der Waals surface area contributed by atoms with Gasteiger partial charge in [0.25, 0.3) is 11.6 Å². The Balaban J connectivity index is 1.46. The number of nitro benzene ring substituents is 1. The molecule has 1 aliphatic rings. The number of nitro groups is 1. The molecule has 0 radical (unpaired) electrons. The lowest BCUT2D eigenvalue weighted by atomic mass is 10.3. The van der Waals surface area contributed by atoms with Gasteiger partial charge in [-0.1, -0.05) is 29.8 Å². The molecule has 0 atom stereocenters. The molecule has 1 N–H and O–H groups in total. The van der Waals surface area contributed by atoms with Gasteiger partial charge in [-0.3, -0.25) is 14.9 Å². The first-order valence-electron chi connectivity index (χ1n) is 8.89. The molecule has 2 aromatic carbocycles. The van der Waals surface area contributed by atoms with Crippen LogP contribution in [0.3, 0.4) is 0 Å². The molecule has 0 aliphatic carbocycles. The summed E-state index contributed by atoms with van der Waals surface area (Å²) >= 11 is 5.96. The van der Waals surface area contributed by atoms with Crippen LogP contribution in [0.5, 0.6) is 5.75 Å². The monoisotopic (exact) mass is 418 g/mol. The zero-order valence-corrected chi connectivity index (χ0v) is 16.2. The van der Waals surface area contributed by atoms with Gasteiger partial charge in [-0.15, -0.1) is 0 Å². The summed E-state index contributed by atoms with van der Waals surface area (Å²) in [5.74, 6) is -0.0472. The number of para-hydroxylation sites is 1. The highest BCUT2D eigenvalue weighted by Gasteiger charge is 2.24. The highest BCUT2D eigenvalue weighted by Crippen LogP contribution is 2.28. The Morgan fingerprint density at radius 2 is 1.72 bits per heavy atom. The van der Waals surface area contributed by atoms with E-state index >= 15 is 0 Å². The Morgan fingerprint density at radius 3 is 2.34 bits per heavy atom. The predicted molar refractivity (Wildman–Crippen MR) is 107 cm³/mol. The van der Waals surface area contributed by atoms with Gasteiger partial charge in [0.2, 0.25) is 0 Å². The van der Waals surface area contributed by atoms with Crippen LogP contribution < -0.4 is 10.1 Å². The fourth-order valence-electron chi connectivity index (χ4n) is 2.83. The maximum atomic E-state index is 12.4. The number of carbonyl (C=O) groups excluding carboxylic acids is 2. The standard InChI is InChI=1S/C19H19ClN4O5/c20-16-12-15(24(27)28)6-7-17(16)29-13-18(25)22-8-10-23(11-9-22)19(26)21-14-4-2-1-3-5-14/h1-7,12H,8-11,13H2,(H,21,26). The number of hydrogen-bond acceptors (Lipinski definition) is 5. The van der Waals surface area contributed by atoms with Crippen LogP contribution in [0.4, 0.5) is 16.2 Å². The van der Waals surface area contributed by atoms with Gasteiger partial charge < -0.3 is 19.9 Å². The SMILES string of the molecule is O=C(COc1ccc([N+](=O)[O-])cc1Cl)N1CCN(C(=O)Nc2ccccc2)CC1. The van der Waals surface area contributed by atoms with Gasteiger partial charge in [0.05, 0.1) is 9.95 Å². The molecule has 0 spiro atoms. The number of rotatable bonds is 5. The van der Waals surface area contributed by atoms with Crippen molar-refractivity contribution in [1.29, 1.82) is 0 Å². The van der Waals surface area contributed by atoms with E-state index in [4.69, 9.17) is 16.3 Å². The molecule has 152 valence electrons. The number of nitrogens with zero attached hydrogens (tertiary/aromatic N) is 3. The second-order valence-electron chi connectivity index (χ2n) is 6.32. The fraction of sp³-hybridized carbons (Fsp3) is 0.263. The number of urea groups is 1. The van der Waals surface area contributed by atoms with E-state index < -0.39 is 4.92 Å². The Labute approximate surface area is 171 Å². The van der Waals surface area contributed by atoms with E-state index in [0.29, 0.717) is 31.9 Å². The molecule has 1 heterocycles. The number of nitrogens with one attached hydrogen (secondary N) is 1. The van der Waals surface area contributed by atoms with Crippen LogP contribution in [0.2, 0.25) is 5.02 Å². The van der Waals surface area contributed by atoms with E-state index in [9.17, 15) is 19.7 Å². The van der Waals surface area contributed by atoms with Gasteiger partial charge in [0.1, 0.15) is 5.75 Å². The lowest BCUT2D eigenvalue weighted by Gasteiger charge is -2.34. The minimum atomic E-state index is -0.561. The molecule has 1 saturated heterocycles. The van der Waals surface area contributed by atoms with Gasteiger partial charge in [-0.05, 0) is 18.2 Å². The summed E-state index contributed by atoms with van der Waals surface area (Å²) in [7, 11) is 0. The fourth-order valence-corrected chi connectivity index (χ4v) is 3.06. The summed E-state index contributed by atoms with van der Waals surface area (Å²) in [5, 5.41) is 13.6. The molecular weight excluding hydrogens is 400 g/mol. The molecule has 0 bridgehead atoms. The molecule has 9 nitrogen and oxygen atoms in total. The molecule has 29 heavy (non-hydrogen) atoms. The minimum absolute atomic E-state index is 0.0643. The van der Waals surface area contributed by atoms with E-state index in [0.717, 1.165) is 0 Å². The summed E-state index contributed by atoms with van der Waals surface area (Å²) in [6, 6.07) is 12.7. The first-order chi connectivity index (χ1) is 13.9. The average molecular weight is 419 g/mol. The van der Waals surface area contributed by atoms with E-state index in [1.54, 1.807) is 21.9 Å². The zero-order valence-electron chi connectivity index (χ0n) is 15.4. The number of benzene rings is 2. The van der Waals surface area contributed by atoms with Crippen LogP contribution in [-0.2, 0) is 4.79 Å². The number of halogens is 1. The third kappa shape index (κ3) is 5.35. The first kappa shape index (κ1) is 20.4. The summed E-state index contributed by atoms with van der Waals surface area (Å²) in [4.78, 5) is 38.1. The molecule has 10 heteroatoms. The van der Waals surface area contributed by atoms with Crippen molar-refractivity contribution in [2.24, 2.45) is 0 Å². The minimum Gasteiger partial charge on any atom is -0.482 e. The quantitative estimate of drug-likeness (QED) is 0.593. The topological polar surface area (TPSA) is 105 Å². The molecule has 1 aliphatic heterocycles. The van der Waals surface area contributed by atoms with Crippen LogP contribution in [0.25, 0.3) is 0 Å². The number of anilines is 1. The molecule has 0 aromatic heterocycles. The van der Waals surface area contributed by atoms with Crippen molar-refractivity contribution in [3.63, 3.8) is 0 Å². The summed E-state index contributed by atoms with van der Waals surface area (Å²) < 4.78 is 5.40. The number of non-ortho nitro benzene ring substituents is 1. The number of ether oxygens (including phenoxy) is 1. The Morgan fingerprint density at radius 1 is 1.07 bits per heavy atom. The van der Waals surface area contributed by atoms with E-state index in [1.165, 1.54) is 18.2 Å². The predicted octanol–water partition coefficient (Wildman–Crippen LogP) is 3.00. The van der Waals surface area contributed by atoms with Gasteiger partial charge in [-0.25, -0.2) is 4.79 Å². The third-order valence-corrected chi connectivity index (χ3v) is 4.72. The van der Waals surface area contributed by atoms with Crippen LogP contribution in [-0.4, -0.2) is 59.4 Å². The van der Waals surface area contributed by atoms with Crippen LogP contribution >= 0.6 is 11.6 Å². The molecule has 2 aromatic rings. The summed E-state index contributed by atoms with van der Waals surface area (Å²) in [5.41, 5.74) is 0.558. The maximum absolute atomic E-state index is 12.4. The molecule has 3 rings (SSSR count). The second-order valence-corrected chi connectivity index (χ2v) is 6.73. The average Bonchev–Trinajstić information content (AvgIpc) is 2.73. The van der Waals surface area contributed by atoms with Crippen molar-refractivity contribution in [3.05, 3.63) is 63.7 Å². The Hall–Kier alpha value is -3.33. The van der Waals surface area contributed by atoms with Gasteiger partial charge in [-0.2, -0.15) is 0 Å². The number of hydrogen-bond donors (Lipinski definition) is 1. The van der Waals surface area contributed by atoms with E-state index in [1.807, 2.05) is 18.2 Å². The van der Waals surface area contributed by atoms with Crippen molar-refractivity contribution in [3.8, 4) is 5.75 Å². The van der Waals surface area contributed by atoms with Crippen molar-refractivity contribution in [2.45, 2.75) is 0 Å². The molecule has 3 amide bonds. The van der Waals surface area contributed by atoms with Crippen LogP contribution in [0.15, 0.2) is 48.5 Å². The molecule has 0 saturated carbocycles. The Bertz CT molecular complexity index is 901. The highest BCUT2D eigenvalue weighted by molar-refractivity contribution is 6.32. The largest absolute Gasteiger partial charge is 0.482 e. The molecule has 1 fully saturated rings. The Kier molecular flexibility index (Phi) is 6.50. The molecular formula is C19H19ClN4O5.